The molecule has 10 heavy (non-hydrogen) atoms. The van der Waals surface area contributed by atoms with Crippen molar-refractivity contribution >= 4 is 5.82 Å². The SMILES string of the molecule is Cc1nc2c(o1)OCCN2. The Balaban J connectivity index is 2.41. The summed E-state index contributed by atoms with van der Waals surface area (Å²) in [5.74, 6) is 1.88. The molecule has 1 aliphatic heterocycles. The summed E-state index contributed by atoms with van der Waals surface area (Å²) in [4.78, 5) is 4.05. The molecule has 1 aromatic heterocycles. The quantitative estimate of drug-likeness (QED) is 0.578. The molecule has 54 valence electrons. The van der Waals surface area contributed by atoms with Crippen molar-refractivity contribution < 1.29 is 9.15 Å². The van der Waals surface area contributed by atoms with E-state index >= 15 is 0 Å². The van der Waals surface area contributed by atoms with Crippen molar-refractivity contribution in [3.8, 4) is 5.95 Å². The minimum Gasteiger partial charge on any atom is -0.461 e. The molecular formula is C6H8N2O2. The maximum Gasteiger partial charge on any atom is 0.330 e. The van der Waals surface area contributed by atoms with E-state index < -0.39 is 0 Å². The van der Waals surface area contributed by atoms with Gasteiger partial charge in [0.15, 0.2) is 5.89 Å². The van der Waals surface area contributed by atoms with Crippen molar-refractivity contribution in [3.63, 3.8) is 0 Å². The number of anilines is 1. The maximum absolute atomic E-state index is 5.15. The Morgan fingerprint density at radius 2 is 2.50 bits per heavy atom. The van der Waals surface area contributed by atoms with Gasteiger partial charge in [0.25, 0.3) is 0 Å². The Bertz CT molecular complexity index is 220. The Labute approximate surface area is 58.2 Å². The second-order valence-corrected chi connectivity index (χ2v) is 2.14. The number of hydrogen-bond donors (Lipinski definition) is 1. The van der Waals surface area contributed by atoms with Crippen LogP contribution in [0.3, 0.4) is 0 Å². The third-order valence-corrected chi connectivity index (χ3v) is 1.33. The molecule has 1 aromatic rings. The van der Waals surface area contributed by atoms with Crippen molar-refractivity contribution in [1.82, 2.24) is 4.98 Å². The molecule has 1 N–H and O–H groups in total. The van der Waals surface area contributed by atoms with Crippen LogP contribution in [0.2, 0.25) is 0 Å². The zero-order valence-corrected chi connectivity index (χ0v) is 5.68. The average Bonchev–Trinajstić information content (AvgIpc) is 2.27. The Morgan fingerprint density at radius 1 is 1.60 bits per heavy atom. The first-order valence-corrected chi connectivity index (χ1v) is 3.20. The van der Waals surface area contributed by atoms with E-state index in [1.807, 2.05) is 0 Å². The van der Waals surface area contributed by atoms with Crippen LogP contribution in [0, 0.1) is 6.92 Å². The van der Waals surface area contributed by atoms with Gasteiger partial charge in [0.2, 0.25) is 5.82 Å². The number of nitrogens with zero attached hydrogens (tertiary/aromatic N) is 1. The Morgan fingerprint density at radius 3 is 3.30 bits per heavy atom. The molecule has 4 nitrogen and oxygen atoms in total. The molecule has 0 bridgehead atoms. The third kappa shape index (κ3) is 0.725. The highest BCUT2D eigenvalue weighted by molar-refractivity contribution is 5.45. The van der Waals surface area contributed by atoms with Crippen LogP contribution >= 0.6 is 0 Å². The highest BCUT2D eigenvalue weighted by Crippen LogP contribution is 2.26. The van der Waals surface area contributed by atoms with Crippen molar-refractivity contribution in [2.75, 3.05) is 18.5 Å². The number of oxazole rings is 1. The molecule has 0 spiro atoms. The minimum atomic E-state index is 0.517. The summed E-state index contributed by atoms with van der Waals surface area (Å²) in [5, 5.41) is 3.05. The van der Waals surface area contributed by atoms with Gasteiger partial charge in [-0.3, -0.25) is 0 Å². The second-order valence-electron chi connectivity index (χ2n) is 2.14. The fourth-order valence-corrected chi connectivity index (χ4v) is 0.931. The lowest BCUT2D eigenvalue weighted by Crippen LogP contribution is -2.17. The topological polar surface area (TPSA) is 47.3 Å². The molecular weight excluding hydrogens is 132 g/mol. The van der Waals surface area contributed by atoms with Gasteiger partial charge >= 0.3 is 5.95 Å². The van der Waals surface area contributed by atoms with E-state index in [0.717, 1.165) is 12.4 Å². The summed E-state index contributed by atoms with van der Waals surface area (Å²) < 4.78 is 10.3. The number of fused-ring (bicyclic) bond motifs is 1. The molecule has 0 unspecified atom stereocenters. The average molecular weight is 140 g/mol. The summed E-state index contributed by atoms with van der Waals surface area (Å²) in [5.41, 5.74) is 0. The number of rotatable bonds is 0. The van der Waals surface area contributed by atoms with Crippen LogP contribution in [-0.2, 0) is 0 Å². The highest BCUT2D eigenvalue weighted by Gasteiger charge is 2.15. The molecule has 0 atom stereocenters. The fraction of sp³-hybridized carbons (Fsp3) is 0.500. The van der Waals surface area contributed by atoms with E-state index in [2.05, 4.69) is 10.3 Å². The number of aryl methyl sites for hydroxylation is 1. The molecule has 0 saturated carbocycles. The van der Waals surface area contributed by atoms with Gasteiger partial charge in [-0.2, -0.15) is 4.98 Å². The summed E-state index contributed by atoms with van der Waals surface area (Å²) in [6, 6.07) is 0. The lowest BCUT2D eigenvalue weighted by atomic mass is 10.5. The molecule has 0 saturated heterocycles. The maximum atomic E-state index is 5.15. The van der Waals surface area contributed by atoms with Gasteiger partial charge < -0.3 is 14.5 Å². The molecule has 1 aliphatic rings. The summed E-state index contributed by atoms with van der Waals surface area (Å²) in [6.07, 6.45) is 0. The van der Waals surface area contributed by atoms with E-state index in [0.29, 0.717) is 18.4 Å². The minimum absolute atomic E-state index is 0.517. The second kappa shape index (κ2) is 1.90. The lowest BCUT2D eigenvalue weighted by Gasteiger charge is -2.10. The molecule has 0 aromatic carbocycles. The standard InChI is InChI=1S/C6H8N2O2/c1-4-8-5-6(10-4)9-3-2-7-5/h7H,2-3H2,1H3. The molecule has 2 heterocycles. The van der Waals surface area contributed by atoms with Crippen molar-refractivity contribution in [1.29, 1.82) is 0 Å². The summed E-state index contributed by atoms with van der Waals surface area (Å²) >= 11 is 0. The van der Waals surface area contributed by atoms with Gasteiger partial charge in [-0.25, -0.2) is 0 Å². The van der Waals surface area contributed by atoms with Gasteiger partial charge in [0.1, 0.15) is 6.61 Å². The Hall–Kier alpha value is -1.19. The van der Waals surface area contributed by atoms with Crippen LogP contribution in [-0.4, -0.2) is 18.1 Å². The number of ether oxygens (including phenoxy) is 1. The van der Waals surface area contributed by atoms with E-state index in [4.69, 9.17) is 9.15 Å². The number of nitrogens with one attached hydrogen (secondary N) is 1. The third-order valence-electron chi connectivity index (χ3n) is 1.33. The van der Waals surface area contributed by atoms with E-state index in [1.165, 1.54) is 0 Å². The van der Waals surface area contributed by atoms with Crippen molar-refractivity contribution in [3.05, 3.63) is 5.89 Å². The predicted molar refractivity (Wildman–Crippen MR) is 35.2 cm³/mol. The fourth-order valence-electron chi connectivity index (χ4n) is 0.931. The first kappa shape index (κ1) is 5.58. The monoisotopic (exact) mass is 140 g/mol. The first-order chi connectivity index (χ1) is 4.86. The largest absolute Gasteiger partial charge is 0.461 e. The molecule has 0 aliphatic carbocycles. The van der Waals surface area contributed by atoms with Gasteiger partial charge in [-0.1, -0.05) is 0 Å². The lowest BCUT2D eigenvalue weighted by molar-refractivity contribution is 0.241. The summed E-state index contributed by atoms with van der Waals surface area (Å²) in [6.45, 7) is 3.25. The van der Waals surface area contributed by atoms with Gasteiger partial charge in [-0.15, -0.1) is 0 Å². The van der Waals surface area contributed by atoms with Crippen LogP contribution in [0.1, 0.15) is 5.89 Å². The van der Waals surface area contributed by atoms with Crippen molar-refractivity contribution in [2.45, 2.75) is 6.92 Å². The zero-order chi connectivity index (χ0) is 6.97. The van der Waals surface area contributed by atoms with E-state index in [1.54, 1.807) is 6.92 Å². The Kier molecular flexibility index (Phi) is 1.06. The van der Waals surface area contributed by atoms with E-state index in [-0.39, 0.29) is 0 Å². The molecule has 0 amide bonds. The van der Waals surface area contributed by atoms with Crippen LogP contribution in [0.15, 0.2) is 4.42 Å². The highest BCUT2D eigenvalue weighted by atomic mass is 16.6. The van der Waals surface area contributed by atoms with Crippen molar-refractivity contribution in [2.24, 2.45) is 0 Å². The molecule has 2 rings (SSSR count). The first-order valence-electron chi connectivity index (χ1n) is 3.20. The molecule has 0 radical (unpaired) electrons. The van der Waals surface area contributed by atoms with Crippen LogP contribution in [0.25, 0.3) is 0 Å². The normalized spacial score (nSPS) is 15.3. The molecule has 0 fully saturated rings. The summed E-state index contributed by atoms with van der Waals surface area (Å²) in [7, 11) is 0. The van der Waals surface area contributed by atoms with Gasteiger partial charge in [-0.05, 0) is 0 Å². The zero-order valence-electron chi connectivity index (χ0n) is 5.68. The van der Waals surface area contributed by atoms with Gasteiger partial charge in [0, 0.05) is 6.92 Å². The number of hydrogen-bond acceptors (Lipinski definition) is 4. The van der Waals surface area contributed by atoms with Crippen LogP contribution < -0.4 is 10.1 Å². The molecule has 4 heteroatoms. The van der Waals surface area contributed by atoms with Gasteiger partial charge in [0.05, 0.1) is 6.54 Å². The van der Waals surface area contributed by atoms with Crippen LogP contribution in [0.4, 0.5) is 5.82 Å². The predicted octanol–water partition coefficient (Wildman–Crippen LogP) is 0.787. The number of aromatic nitrogens is 1. The van der Waals surface area contributed by atoms with Crippen LogP contribution in [0.5, 0.6) is 5.95 Å². The van der Waals surface area contributed by atoms with E-state index in [9.17, 15) is 0 Å². The smallest absolute Gasteiger partial charge is 0.330 e.